The number of likely N-dealkylation sites (tertiary alicyclic amines) is 1. The van der Waals surface area contributed by atoms with E-state index in [9.17, 15) is 10.1 Å². The maximum Gasteiger partial charge on any atom is 0.246 e. The van der Waals surface area contributed by atoms with E-state index >= 15 is 0 Å². The molecule has 1 fully saturated rings. The van der Waals surface area contributed by atoms with Crippen LogP contribution in [0.25, 0.3) is 0 Å². The van der Waals surface area contributed by atoms with Gasteiger partial charge in [0.1, 0.15) is 0 Å². The molecule has 2 aromatic rings. The fourth-order valence-electron chi connectivity index (χ4n) is 4.00. The number of hydrogen-bond donors (Lipinski definition) is 2. The molecule has 0 unspecified atom stereocenters. The van der Waals surface area contributed by atoms with Crippen LogP contribution in [-0.4, -0.2) is 35.4 Å². The molecule has 7 heteroatoms. The van der Waals surface area contributed by atoms with E-state index < -0.39 is 11.5 Å². The highest BCUT2D eigenvalue weighted by atomic mass is 35.5. The lowest BCUT2D eigenvalue weighted by molar-refractivity contribution is -0.125. The number of amides is 1. The van der Waals surface area contributed by atoms with Crippen molar-refractivity contribution in [2.75, 3.05) is 18.4 Å². The Morgan fingerprint density at radius 1 is 1.17 bits per heavy atom. The van der Waals surface area contributed by atoms with Gasteiger partial charge < -0.3 is 5.32 Å². The average molecular weight is 408 g/mol. The molecule has 0 radical (unpaired) electrons. The Hall–Kier alpha value is -2.88. The zero-order valence-electron chi connectivity index (χ0n) is 15.9. The van der Waals surface area contributed by atoms with E-state index in [2.05, 4.69) is 33.7 Å². The summed E-state index contributed by atoms with van der Waals surface area (Å²) in [6.07, 6.45) is 1.33. The van der Waals surface area contributed by atoms with Crippen LogP contribution in [-0.2, 0) is 11.3 Å². The Bertz CT molecular complexity index is 943. The Morgan fingerprint density at radius 3 is 2.52 bits per heavy atom. The molecular weight excluding hydrogens is 386 g/mol. The first kappa shape index (κ1) is 19.4. The summed E-state index contributed by atoms with van der Waals surface area (Å²) in [4.78, 5) is 19.8. The first-order chi connectivity index (χ1) is 14.1. The molecule has 0 saturated carbocycles. The van der Waals surface area contributed by atoms with Gasteiger partial charge in [0.2, 0.25) is 11.9 Å². The summed E-state index contributed by atoms with van der Waals surface area (Å²) in [6, 6.07) is 19.7. The highest BCUT2D eigenvalue weighted by molar-refractivity contribution is 6.30. The zero-order chi connectivity index (χ0) is 20.3. The van der Waals surface area contributed by atoms with Crippen LogP contribution in [0, 0.1) is 17.2 Å². The van der Waals surface area contributed by atoms with Crippen LogP contribution in [0.15, 0.2) is 59.6 Å². The number of hydrogen-bond acceptors (Lipinski definition) is 5. The van der Waals surface area contributed by atoms with Crippen LogP contribution in [0.3, 0.4) is 0 Å². The number of carbonyl (C=O) groups is 1. The van der Waals surface area contributed by atoms with E-state index in [0.717, 1.165) is 25.3 Å². The van der Waals surface area contributed by atoms with E-state index in [0.29, 0.717) is 23.8 Å². The summed E-state index contributed by atoms with van der Waals surface area (Å²) in [5.41, 5.74) is 1.34. The van der Waals surface area contributed by atoms with Gasteiger partial charge in [-0.05, 0) is 42.7 Å². The molecule has 2 aliphatic rings. The van der Waals surface area contributed by atoms with Gasteiger partial charge in [0, 0.05) is 30.3 Å². The van der Waals surface area contributed by atoms with Gasteiger partial charge in [-0.2, -0.15) is 5.26 Å². The van der Waals surface area contributed by atoms with Gasteiger partial charge in [0.25, 0.3) is 0 Å². The lowest BCUT2D eigenvalue weighted by Crippen LogP contribution is -2.58. The average Bonchev–Trinajstić information content (AvgIpc) is 2.72. The number of guanidine groups is 1. The molecule has 2 aromatic carbocycles. The third kappa shape index (κ3) is 4.26. The Labute approximate surface area is 175 Å². The second-order valence-corrected chi connectivity index (χ2v) is 7.95. The molecule has 29 heavy (non-hydrogen) atoms. The van der Waals surface area contributed by atoms with Crippen LogP contribution < -0.4 is 10.6 Å². The molecule has 1 spiro atoms. The highest BCUT2D eigenvalue weighted by Crippen LogP contribution is 2.36. The van der Waals surface area contributed by atoms with Crippen molar-refractivity contribution < 1.29 is 4.79 Å². The van der Waals surface area contributed by atoms with Crippen molar-refractivity contribution in [2.24, 2.45) is 10.9 Å². The second-order valence-electron chi connectivity index (χ2n) is 7.51. The number of anilines is 1. The molecule has 1 amide bonds. The van der Waals surface area contributed by atoms with E-state index in [4.69, 9.17) is 16.6 Å². The number of benzene rings is 2. The molecule has 148 valence electrons. The van der Waals surface area contributed by atoms with Crippen molar-refractivity contribution in [1.29, 1.82) is 5.26 Å². The van der Waals surface area contributed by atoms with Crippen LogP contribution in [0.2, 0.25) is 5.02 Å². The lowest BCUT2D eigenvalue weighted by atomic mass is 9.76. The number of nitriles is 1. The number of piperidine rings is 1. The summed E-state index contributed by atoms with van der Waals surface area (Å²) in [6.45, 7) is 2.44. The van der Waals surface area contributed by atoms with Crippen molar-refractivity contribution >= 4 is 29.2 Å². The number of nitrogens with zero attached hydrogens (tertiary/aromatic N) is 3. The van der Waals surface area contributed by atoms with Gasteiger partial charge in [-0.15, -0.1) is 0 Å². The van der Waals surface area contributed by atoms with E-state index in [1.165, 1.54) is 5.56 Å². The van der Waals surface area contributed by atoms with E-state index in [1.54, 1.807) is 12.1 Å². The zero-order valence-corrected chi connectivity index (χ0v) is 16.7. The monoisotopic (exact) mass is 407 g/mol. The second kappa shape index (κ2) is 8.24. The molecule has 1 atom stereocenters. The normalized spacial score (nSPS) is 21.2. The Balaban J connectivity index is 1.51. The van der Waals surface area contributed by atoms with Crippen molar-refractivity contribution in [3.63, 3.8) is 0 Å². The van der Waals surface area contributed by atoms with Crippen LogP contribution in [0.4, 0.5) is 5.69 Å². The van der Waals surface area contributed by atoms with Gasteiger partial charge >= 0.3 is 0 Å². The molecule has 2 heterocycles. The molecule has 1 saturated heterocycles. The summed E-state index contributed by atoms with van der Waals surface area (Å²) in [7, 11) is 0. The van der Waals surface area contributed by atoms with Crippen molar-refractivity contribution in [3.05, 3.63) is 65.2 Å². The fourth-order valence-corrected chi connectivity index (χ4v) is 4.12. The van der Waals surface area contributed by atoms with Crippen LogP contribution in [0.1, 0.15) is 18.4 Å². The predicted molar refractivity (Wildman–Crippen MR) is 113 cm³/mol. The minimum atomic E-state index is -0.780. The number of aliphatic imine (C=N–C) groups is 1. The number of rotatable bonds is 3. The molecular formula is C22H22ClN5O. The maximum absolute atomic E-state index is 12.6. The van der Waals surface area contributed by atoms with Gasteiger partial charge in [-0.1, -0.05) is 41.9 Å². The third-order valence-electron chi connectivity index (χ3n) is 5.58. The van der Waals surface area contributed by atoms with Crippen molar-refractivity contribution in [2.45, 2.75) is 24.9 Å². The summed E-state index contributed by atoms with van der Waals surface area (Å²) in [5, 5.41) is 16.2. The number of nitrogens with one attached hydrogen (secondary N) is 2. The van der Waals surface area contributed by atoms with E-state index in [-0.39, 0.29) is 5.91 Å². The van der Waals surface area contributed by atoms with Gasteiger partial charge in [-0.3, -0.25) is 15.0 Å². The molecule has 6 nitrogen and oxygen atoms in total. The standard InChI is InChI=1S/C22H22ClN5O/c23-17-6-8-18(9-7-17)25-21-26-20(29)19(14-24)22(27-21)10-12-28(13-11-22)15-16-4-2-1-3-5-16/h1-9,19H,10-13,15H2,(H2,25,26,27,29)/t19-/m0/s1. The molecule has 2 N–H and O–H groups in total. The van der Waals surface area contributed by atoms with Gasteiger partial charge in [0.05, 0.1) is 11.6 Å². The van der Waals surface area contributed by atoms with Gasteiger partial charge in [-0.25, -0.2) is 4.99 Å². The number of halogens is 1. The van der Waals surface area contributed by atoms with Crippen molar-refractivity contribution in [3.8, 4) is 6.07 Å². The minimum Gasteiger partial charge on any atom is -0.326 e. The largest absolute Gasteiger partial charge is 0.326 e. The van der Waals surface area contributed by atoms with Crippen LogP contribution >= 0.6 is 11.6 Å². The number of carbonyl (C=O) groups excluding carboxylic acids is 1. The fraction of sp³-hybridized carbons (Fsp3) is 0.318. The topological polar surface area (TPSA) is 80.5 Å². The first-order valence-corrected chi connectivity index (χ1v) is 10.0. The Morgan fingerprint density at radius 2 is 1.86 bits per heavy atom. The smallest absolute Gasteiger partial charge is 0.246 e. The minimum absolute atomic E-state index is 0.296. The SMILES string of the molecule is N#C[C@H]1C(=O)NC(Nc2ccc(Cl)cc2)=NC12CCN(Cc1ccccc1)CC2. The quantitative estimate of drug-likeness (QED) is 0.817. The summed E-state index contributed by atoms with van der Waals surface area (Å²) in [5.74, 6) is -0.687. The molecule has 2 aliphatic heterocycles. The lowest BCUT2D eigenvalue weighted by Gasteiger charge is -2.43. The van der Waals surface area contributed by atoms with Gasteiger partial charge in [0.15, 0.2) is 5.92 Å². The molecule has 0 aromatic heterocycles. The Kier molecular flexibility index (Phi) is 5.52. The third-order valence-corrected chi connectivity index (χ3v) is 5.83. The first-order valence-electron chi connectivity index (χ1n) is 9.67. The van der Waals surface area contributed by atoms with Crippen LogP contribution in [0.5, 0.6) is 0 Å². The summed E-state index contributed by atoms with van der Waals surface area (Å²) >= 11 is 5.94. The highest BCUT2D eigenvalue weighted by Gasteiger charge is 2.48. The van der Waals surface area contributed by atoms with Crippen molar-refractivity contribution in [1.82, 2.24) is 10.2 Å². The van der Waals surface area contributed by atoms with E-state index in [1.807, 2.05) is 30.3 Å². The molecule has 0 aliphatic carbocycles. The maximum atomic E-state index is 12.6. The summed E-state index contributed by atoms with van der Waals surface area (Å²) < 4.78 is 0. The molecule has 4 rings (SSSR count). The molecule has 0 bridgehead atoms. The predicted octanol–water partition coefficient (Wildman–Crippen LogP) is 3.41.